The number of rotatable bonds is 2. The van der Waals surface area contributed by atoms with Gasteiger partial charge in [-0.2, -0.15) is 5.10 Å². The van der Waals surface area contributed by atoms with E-state index in [1.165, 1.54) is 0 Å². The number of nitrogens with one attached hydrogen (secondary N) is 2. The van der Waals surface area contributed by atoms with Gasteiger partial charge in [-0.05, 0) is 12.1 Å². The summed E-state index contributed by atoms with van der Waals surface area (Å²) in [6.07, 6.45) is 4.88. The van der Waals surface area contributed by atoms with E-state index in [2.05, 4.69) is 20.7 Å². The summed E-state index contributed by atoms with van der Waals surface area (Å²) in [5, 5.41) is 9.17. The third-order valence-corrected chi connectivity index (χ3v) is 1.87. The predicted octanol–water partition coefficient (Wildman–Crippen LogP) is 1.46. The minimum absolute atomic E-state index is 0.341. The molecule has 6 heteroatoms. The van der Waals surface area contributed by atoms with Crippen LogP contribution in [0.25, 0.3) is 0 Å². The number of anilines is 2. The highest BCUT2D eigenvalue weighted by Crippen LogP contribution is 2.05. The SMILES string of the molecule is Cn1cc(NC(=O)Nc2ccccn2)cn1. The lowest BCUT2D eigenvalue weighted by atomic mass is 10.5. The lowest BCUT2D eigenvalue weighted by molar-refractivity contribution is 0.262. The zero-order valence-electron chi connectivity index (χ0n) is 8.71. The lowest BCUT2D eigenvalue weighted by Gasteiger charge is -2.03. The second-order valence-corrected chi connectivity index (χ2v) is 3.20. The third kappa shape index (κ3) is 2.57. The van der Waals surface area contributed by atoms with Gasteiger partial charge in [0.05, 0.1) is 11.9 Å². The smallest absolute Gasteiger partial charge is 0.305 e. The Labute approximate surface area is 92.3 Å². The Morgan fingerprint density at radius 3 is 2.88 bits per heavy atom. The Kier molecular flexibility index (Phi) is 2.81. The van der Waals surface area contributed by atoms with Gasteiger partial charge in [-0.25, -0.2) is 9.78 Å². The first kappa shape index (κ1) is 10.2. The van der Waals surface area contributed by atoms with Crippen LogP contribution >= 0.6 is 0 Å². The van der Waals surface area contributed by atoms with Gasteiger partial charge in [0.2, 0.25) is 0 Å². The van der Waals surface area contributed by atoms with Crippen molar-refractivity contribution in [3.05, 3.63) is 36.8 Å². The first-order valence-electron chi connectivity index (χ1n) is 4.72. The fourth-order valence-electron chi connectivity index (χ4n) is 1.20. The molecule has 2 heterocycles. The van der Waals surface area contributed by atoms with E-state index >= 15 is 0 Å². The fraction of sp³-hybridized carbons (Fsp3) is 0.100. The second kappa shape index (κ2) is 4.43. The molecule has 2 amide bonds. The number of nitrogens with zero attached hydrogens (tertiary/aromatic N) is 3. The van der Waals surface area contributed by atoms with E-state index in [9.17, 15) is 4.79 Å². The van der Waals surface area contributed by atoms with Gasteiger partial charge >= 0.3 is 6.03 Å². The lowest BCUT2D eigenvalue weighted by Crippen LogP contribution is -2.19. The average Bonchev–Trinajstić information content (AvgIpc) is 2.65. The maximum atomic E-state index is 11.5. The van der Waals surface area contributed by atoms with Crippen molar-refractivity contribution in [1.29, 1.82) is 0 Å². The molecular formula is C10H11N5O. The van der Waals surface area contributed by atoms with E-state index in [-0.39, 0.29) is 6.03 Å². The quantitative estimate of drug-likeness (QED) is 0.799. The molecule has 2 aromatic heterocycles. The molecule has 2 rings (SSSR count). The first-order valence-corrected chi connectivity index (χ1v) is 4.72. The zero-order chi connectivity index (χ0) is 11.4. The van der Waals surface area contributed by atoms with Gasteiger partial charge in [-0.15, -0.1) is 0 Å². The normalized spacial score (nSPS) is 9.81. The van der Waals surface area contributed by atoms with Crippen LogP contribution in [0.5, 0.6) is 0 Å². The third-order valence-electron chi connectivity index (χ3n) is 1.87. The van der Waals surface area contributed by atoms with Crippen LogP contribution in [0.15, 0.2) is 36.8 Å². The van der Waals surface area contributed by atoms with Crippen molar-refractivity contribution in [1.82, 2.24) is 14.8 Å². The van der Waals surface area contributed by atoms with Crippen LogP contribution in [-0.4, -0.2) is 20.8 Å². The maximum Gasteiger partial charge on any atom is 0.324 e. The van der Waals surface area contributed by atoms with Crippen molar-refractivity contribution >= 4 is 17.5 Å². The molecule has 0 unspecified atom stereocenters. The number of aromatic nitrogens is 3. The van der Waals surface area contributed by atoms with Gasteiger partial charge in [0.15, 0.2) is 0 Å². The number of pyridine rings is 1. The Morgan fingerprint density at radius 1 is 1.38 bits per heavy atom. The van der Waals surface area contributed by atoms with Gasteiger partial charge in [-0.1, -0.05) is 6.07 Å². The summed E-state index contributed by atoms with van der Waals surface area (Å²) in [4.78, 5) is 15.5. The van der Waals surface area contributed by atoms with Crippen LogP contribution in [0.1, 0.15) is 0 Å². The summed E-state index contributed by atoms with van der Waals surface area (Å²) in [6, 6.07) is 4.95. The predicted molar refractivity (Wildman–Crippen MR) is 60.1 cm³/mol. The zero-order valence-corrected chi connectivity index (χ0v) is 8.71. The summed E-state index contributed by atoms with van der Waals surface area (Å²) in [5.41, 5.74) is 0.635. The molecule has 6 nitrogen and oxygen atoms in total. The minimum atomic E-state index is -0.341. The van der Waals surface area contributed by atoms with Gasteiger partial charge in [-0.3, -0.25) is 10.00 Å². The highest BCUT2D eigenvalue weighted by Gasteiger charge is 2.03. The largest absolute Gasteiger partial charge is 0.324 e. The summed E-state index contributed by atoms with van der Waals surface area (Å²) in [5.74, 6) is 0.504. The van der Waals surface area contributed by atoms with Crippen LogP contribution in [0.3, 0.4) is 0 Å². The number of aryl methyl sites for hydroxylation is 1. The summed E-state index contributed by atoms with van der Waals surface area (Å²) < 4.78 is 1.61. The number of hydrogen-bond acceptors (Lipinski definition) is 3. The molecule has 0 spiro atoms. The number of amides is 2. The Bertz CT molecular complexity index is 479. The van der Waals surface area contributed by atoms with Crippen LogP contribution in [0.2, 0.25) is 0 Å². The molecule has 0 saturated carbocycles. The van der Waals surface area contributed by atoms with Crippen molar-refractivity contribution in [3.63, 3.8) is 0 Å². The highest BCUT2D eigenvalue weighted by molar-refractivity contribution is 5.98. The van der Waals surface area contributed by atoms with Crippen molar-refractivity contribution in [2.75, 3.05) is 10.6 Å². The van der Waals surface area contributed by atoms with E-state index < -0.39 is 0 Å². The number of hydrogen-bond donors (Lipinski definition) is 2. The molecule has 2 aromatic rings. The molecule has 82 valence electrons. The maximum absolute atomic E-state index is 11.5. The Hall–Kier alpha value is -2.37. The van der Waals surface area contributed by atoms with Crippen LogP contribution in [0.4, 0.5) is 16.3 Å². The monoisotopic (exact) mass is 217 g/mol. The van der Waals surface area contributed by atoms with Gasteiger partial charge < -0.3 is 5.32 Å². The van der Waals surface area contributed by atoms with E-state index in [1.54, 1.807) is 48.5 Å². The van der Waals surface area contributed by atoms with Crippen molar-refractivity contribution in [3.8, 4) is 0 Å². The Morgan fingerprint density at radius 2 is 2.25 bits per heavy atom. The molecule has 2 N–H and O–H groups in total. The van der Waals surface area contributed by atoms with E-state index in [4.69, 9.17) is 0 Å². The molecule has 0 aliphatic rings. The van der Waals surface area contributed by atoms with Crippen LogP contribution in [-0.2, 0) is 7.05 Å². The average molecular weight is 217 g/mol. The highest BCUT2D eigenvalue weighted by atomic mass is 16.2. The number of carbonyl (C=O) groups is 1. The van der Waals surface area contributed by atoms with E-state index in [0.29, 0.717) is 11.5 Å². The molecule has 0 aliphatic carbocycles. The molecule has 16 heavy (non-hydrogen) atoms. The molecule has 0 atom stereocenters. The number of urea groups is 1. The Balaban J connectivity index is 1.95. The molecule has 0 fully saturated rings. The molecule has 0 saturated heterocycles. The van der Waals surface area contributed by atoms with E-state index in [1.807, 2.05) is 0 Å². The van der Waals surface area contributed by atoms with Crippen molar-refractivity contribution in [2.45, 2.75) is 0 Å². The van der Waals surface area contributed by atoms with Crippen molar-refractivity contribution in [2.24, 2.45) is 7.05 Å². The molecule has 0 aromatic carbocycles. The first-order chi connectivity index (χ1) is 7.74. The fourth-order valence-corrected chi connectivity index (χ4v) is 1.20. The minimum Gasteiger partial charge on any atom is -0.305 e. The molecule has 0 radical (unpaired) electrons. The van der Waals surface area contributed by atoms with Gasteiger partial charge in [0.25, 0.3) is 0 Å². The van der Waals surface area contributed by atoms with Gasteiger partial charge in [0, 0.05) is 19.4 Å². The number of carbonyl (C=O) groups excluding carboxylic acids is 1. The molecule has 0 bridgehead atoms. The van der Waals surface area contributed by atoms with Gasteiger partial charge in [0.1, 0.15) is 5.82 Å². The van der Waals surface area contributed by atoms with Crippen LogP contribution < -0.4 is 10.6 Å². The van der Waals surface area contributed by atoms with Crippen LogP contribution in [0, 0.1) is 0 Å². The van der Waals surface area contributed by atoms with E-state index in [0.717, 1.165) is 0 Å². The summed E-state index contributed by atoms with van der Waals surface area (Å²) >= 11 is 0. The second-order valence-electron chi connectivity index (χ2n) is 3.20. The molecular weight excluding hydrogens is 206 g/mol. The van der Waals surface area contributed by atoms with Crippen molar-refractivity contribution < 1.29 is 4.79 Å². The summed E-state index contributed by atoms with van der Waals surface area (Å²) in [6.45, 7) is 0. The summed E-state index contributed by atoms with van der Waals surface area (Å²) in [7, 11) is 1.78. The topological polar surface area (TPSA) is 71.8 Å². The molecule has 0 aliphatic heterocycles. The standard InChI is InChI=1S/C10H11N5O/c1-15-7-8(6-12-15)13-10(16)14-9-4-2-3-5-11-9/h2-7H,1H3,(H2,11,13,14,16).